The number of carboxylic acid groups (broad SMARTS) is 1. The summed E-state index contributed by atoms with van der Waals surface area (Å²) in [5.41, 5.74) is 5.36. The van der Waals surface area contributed by atoms with Crippen molar-refractivity contribution in [2.75, 3.05) is 18.1 Å². The summed E-state index contributed by atoms with van der Waals surface area (Å²) >= 11 is 0. The molecule has 1 heterocycles. The fourth-order valence-electron chi connectivity index (χ4n) is 4.42. The molecule has 1 aromatic heterocycles. The molecule has 0 saturated heterocycles. The quantitative estimate of drug-likeness (QED) is 0.424. The lowest BCUT2D eigenvalue weighted by Gasteiger charge is -2.24. The van der Waals surface area contributed by atoms with Crippen molar-refractivity contribution in [3.8, 4) is 11.1 Å². The maximum atomic E-state index is 13.3. The molecule has 7 heteroatoms. The molecule has 0 fully saturated rings. The summed E-state index contributed by atoms with van der Waals surface area (Å²) in [6, 6.07) is 22.6. The Labute approximate surface area is 196 Å². The van der Waals surface area contributed by atoms with Crippen LogP contribution in [0.2, 0.25) is 0 Å². The van der Waals surface area contributed by atoms with Gasteiger partial charge < -0.3 is 14.4 Å². The summed E-state index contributed by atoms with van der Waals surface area (Å²) in [7, 11) is 0. The normalized spacial score (nSPS) is 12.1. The van der Waals surface area contributed by atoms with Crippen molar-refractivity contribution in [3.63, 3.8) is 0 Å². The first-order valence-corrected chi connectivity index (χ1v) is 11.0. The minimum Gasteiger partial charge on any atom is -0.478 e. The van der Waals surface area contributed by atoms with Crippen LogP contribution in [0.15, 0.2) is 91.5 Å². The fraction of sp³-hybridized carbons (Fsp3) is 0.148. The molecule has 0 spiro atoms. The highest BCUT2D eigenvalue weighted by Gasteiger charge is 2.30. The maximum Gasteiger partial charge on any atom is 0.414 e. The highest BCUT2D eigenvalue weighted by atomic mass is 16.6. The molecule has 0 radical (unpaired) electrons. The number of nitrogens with zero attached hydrogens (tertiary/aromatic N) is 3. The SMILES string of the molecule is O=C(O)c1ccc(N(CCn2ccnc2)C(=O)OCC2c3ccccc3-c3ccccc32)cc1. The van der Waals surface area contributed by atoms with E-state index in [9.17, 15) is 14.7 Å². The first kappa shape index (κ1) is 21.5. The molecule has 7 nitrogen and oxygen atoms in total. The van der Waals surface area contributed by atoms with Gasteiger partial charge in [0.05, 0.1) is 11.9 Å². The van der Waals surface area contributed by atoms with Crippen molar-refractivity contribution in [2.24, 2.45) is 0 Å². The van der Waals surface area contributed by atoms with E-state index in [2.05, 4.69) is 29.2 Å². The van der Waals surface area contributed by atoms with Gasteiger partial charge >= 0.3 is 12.1 Å². The van der Waals surface area contributed by atoms with Crippen molar-refractivity contribution in [1.29, 1.82) is 0 Å². The van der Waals surface area contributed by atoms with E-state index in [4.69, 9.17) is 4.74 Å². The molecule has 0 aliphatic heterocycles. The average molecular weight is 453 g/mol. The van der Waals surface area contributed by atoms with E-state index in [1.165, 1.54) is 28.2 Å². The van der Waals surface area contributed by atoms with Crippen LogP contribution in [-0.4, -0.2) is 39.9 Å². The van der Waals surface area contributed by atoms with E-state index >= 15 is 0 Å². The van der Waals surface area contributed by atoms with Gasteiger partial charge in [0.25, 0.3) is 0 Å². The number of hydrogen-bond acceptors (Lipinski definition) is 4. The Kier molecular flexibility index (Phi) is 5.82. The van der Waals surface area contributed by atoms with Crippen molar-refractivity contribution < 1.29 is 19.4 Å². The zero-order chi connectivity index (χ0) is 23.5. The fourth-order valence-corrected chi connectivity index (χ4v) is 4.42. The smallest absolute Gasteiger partial charge is 0.414 e. The molecular formula is C27H23N3O4. The van der Waals surface area contributed by atoms with Gasteiger partial charge in [-0.3, -0.25) is 4.90 Å². The summed E-state index contributed by atoms with van der Waals surface area (Å²) < 4.78 is 7.72. The number of carbonyl (C=O) groups excluding carboxylic acids is 1. The minimum absolute atomic E-state index is 0.0405. The maximum absolute atomic E-state index is 13.3. The molecule has 1 N–H and O–H groups in total. The van der Waals surface area contributed by atoms with Crippen LogP contribution >= 0.6 is 0 Å². The molecule has 34 heavy (non-hydrogen) atoms. The van der Waals surface area contributed by atoms with Crippen LogP contribution in [0.1, 0.15) is 27.4 Å². The zero-order valence-corrected chi connectivity index (χ0v) is 18.4. The highest BCUT2D eigenvalue weighted by molar-refractivity contribution is 5.91. The van der Waals surface area contributed by atoms with E-state index in [0.717, 1.165) is 11.1 Å². The average Bonchev–Trinajstić information content (AvgIpc) is 3.49. The van der Waals surface area contributed by atoms with Crippen LogP contribution in [0.5, 0.6) is 0 Å². The van der Waals surface area contributed by atoms with Gasteiger partial charge in [-0.05, 0) is 46.5 Å². The number of hydrogen-bond donors (Lipinski definition) is 1. The van der Waals surface area contributed by atoms with Gasteiger partial charge in [0.2, 0.25) is 0 Å². The Hall–Kier alpha value is -4.39. The monoisotopic (exact) mass is 453 g/mol. The predicted octanol–water partition coefficient (Wildman–Crippen LogP) is 5.04. The van der Waals surface area contributed by atoms with Crippen LogP contribution in [0, 0.1) is 0 Å². The molecule has 1 aliphatic rings. The Morgan fingerprint density at radius 3 is 2.18 bits per heavy atom. The lowest BCUT2D eigenvalue weighted by molar-refractivity contribution is 0.0697. The molecule has 1 aliphatic carbocycles. The Balaban J connectivity index is 1.36. The molecule has 0 bridgehead atoms. The third-order valence-electron chi connectivity index (χ3n) is 6.12. The number of amides is 1. The zero-order valence-electron chi connectivity index (χ0n) is 18.4. The van der Waals surface area contributed by atoms with Crippen LogP contribution < -0.4 is 4.90 Å². The van der Waals surface area contributed by atoms with Crippen molar-refractivity contribution in [3.05, 3.63) is 108 Å². The number of imidazole rings is 1. The second-order valence-electron chi connectivity index (χ2n) is 8.11. The number of benzene rings is 3. The second-order valence-corrected chi connectivity index (χ2v) is 8.11. The van der Waals surface area contributed by atoms with Crippen molar-refractivity contribution in [1.82, 2.24) is 9.55 Å². The number of aromatic carboxylic acids is 1. The van der Waals surface area contributed by atoms with Gasteiger partial charge in [0, 0.05) is 37.1 Å². The van der Waals surface area contributed by atoms with E-state index in [-0.39, 0.29) is 18.1 Å². The van der Waals surface area contributed by atoms with Crippen LogP contribution in [-0.2, 0) is 11.3 Å². The summed E-state index contributed by atoms with van der Waals surface area (Å²) in [6.07, 6.45) is 4.71. The van der Waals surface area contributed by atoms with Crippen molar-refractivity contribution in [2.45, 2.75) is 12.5 Å². The summed E-state index contributed by atoms with van der Waals surface area (Å²) in [5.74, 6) is -1.06. The first-order chi connectivity index (χ1) is 16.6. The van der Waals surface area contributed by atoms with Gasteiger partial charge in [-0.25, -0.2) is 14.6 Å². The van der Waals surface area contributed by atoms with Crippen LogP contribution in [0.4, 0.5) is 10.5 Å². The number of aromatic nitrogens is 2. The molecule has 0 atom stereocenters. The van der Waals surface area contributed by atoms with Gasteiger partial charge in [-0.15, -0.1) is 0 Å². The molecule has 0 saturated carbocycles. The van der Waals surface area contributed by atoms with E-state index in [1.54, 1.807) is 24.7 Å². The minimum atomic E-state index is -1.02. The van der Waals surface area contributed by atoms with Crippen LogP contribution in [0.25, 0.3) is 11.1 Å². The number of fused-ring (bicyclic) bond motifs is 3. The standard InChI is InChI=1S/C27H23N3O4/c31-26(32)19-9-11-20(12-10-19)30(16-15-29-14-13-28-18-29)27(33)34-17-25-23-7-3-1-5-21(23)22-6-2-4-8-24(22)25/h1-14,18,25H,15-17H2,(H,31,32). The third-order valence-corrected chi connectivity index (χ3v) is 6.12. The van der Waals surface area contributed by atoms with Crippen molar-refractivity contribution >= 4 is 17.7 Å². The molecule has 170 valence electrons. The van der Waals surface area contributed by atoms with Crippen LogP contribution in [0.3, 0.4) is 0 Å². The molecule has 3 aromatic carbocycles. The highest BCUT2D eigenvalue weighted by Crippen LogP contribution is 2.44. The van der Waals surface area contributed by atoms with Gasteiger partial charge in [0.1, 0.15) is 6.61 Å². The van der Waals surface area contributed by atoms with E-state index in [0.29, 0.717) is 18.8 Å². The van der Waals surface area contributed by atoms with Gasteiger partial charge in [-0.1, -0.05) is 48.5 Å². The van der Waals surface area contributed by atoms with E-state index in [1.807, 2.05) is 35.0 Å². The topological polar surface area (TPSA) is 84.7 Å². The predicted molar refractivity (Wildman–Crippen MR) is 128 cm³/mol. The summed E-state index contributed by atoms with van der Waals surface area (Å²) in [5, 5.41) is 9.20. The molecule has 5 rings (SSSR count). The number of carbonyl (C=O) groups is 2. The lowest BCUT2D eigenvalue weighted by Crippen LogP contribution is -2.35. The Bertz CT molecular complexity index is 1270. The lowest BCUT2D eigenvalue weighted by atomic mass is 9.98. The number of ether oxygens (including phenoxy) is 1. The molecular weight excluding hydrogens is 430 g/mol. The van der Waals surface area contributed by atoms with Gasteiger partial charge in [-0.2, -0.15) is 0 Å². The molecule has 1 amide bonds. The summed E-state index contributed by atoms with van der Waals surface area (Å²) in [4.78, 5) is 30.1. The molecule has 4 aromatic rings. The summed E-state index contributed by atoms with van der Waals surface area (Å²) in [6.45, 7) is 1.08. The first-order valence-electron chi connectivity index (χ1n) is 11.0. The third kappa shape index (κ3) is 4.15. The largest absolute Gasteiger partial charge is 0.478 e. The van der Waals surface area contributed by atoms with Gasteiger partial charge in [0.15, 0.2) is 0 Å². The number of rotatable bonds is 7. The number of carboxylic acids is 1. The molecule has 0 unspecified atom stereocenters. The second kappa shape index (κ2) is 9.23. The number of anilines is 1. The Morgan fingerprint density at radius 2 is 1.59 bits per heavy atom. The Morgan fingerprint density at radius 1 is 0.941 bits per heavy atom. The van der Waals surface area contributed by atoms with E-state index < -0.39 is 12.1 Å².